The normalized spacial score (nSPS) is 10.1. The maximum atomic E-state index is 12.6. The van der Waals surface area contributed by atoms with E-state index in [0.717, 1.165) is 25.3 Å². The molecule has 0 aliphatic rings. The zero-order chi connectivity index (χ0) is 8.81. The van der Waals surface area contributed by atoms with Crippen molar-refractivity contribution in [1.29, 1.82) is 0 Å². The van der Waals surface area contributed by atoms with E-state index in [1.54, 1.807) is 0 Å². The molecule has 4 nitrogen and oxygen atoms in total. The summed E-state index contributed by atoms with van der Waals surface area (Å²) in [6, 6.07) is 0. The molecule has 0 aliphatic carbocycles. The number of aromatic nitrogens is 3. The number of carbonyl (C=O) groups excluding carboxylic acids is 1. The lowest BCUT2D eigenvalue weighted by atomic mass is 10.2. The number of aryl methyl sites for hydroxylation is 1. The van der Waals surface area contributed by atoms with Crippen molar-refractivity contribution in [2.75, 3.05) is 0 Å². The molecule has 1 rings (SSSR count). The summed E-state index contributed by atoms with van der Waals surface area (Å²) < 4.78 is 13.8. The standard InChI is InChI=1S/C7H10FN3O/c8-7-6-9-10-11(7)4-2-1-3-5-12/h5-6H,1-4H2. The van der Waals surface area contributed by atoms with Gasteiger partial charge in [-0.25, -0.2) is 4.68 Å². The first-order valence-electron chi connectivity index (χ1n) is 3.82. The molecule has 1 aromatic heterocycles. The van der Waals surface area contributed by atoms with Crippen LogP contribution < -0.4 is 0 Å². The summed E-state index contributed by atoms with van der Waals surface area (Å²) in [4.78, 5) is 9.92. The van der Waals surface area contributed by atoms with Gasteiger partial charge < -0.3 is 4.79 Å². The maximum Gasteiger partial charge on any atom is 0.231 e. The Hall–Kier alpha value is -1.26. The van der Waals surface area contributed by atoms with Gasteiger partial charge in [-0.3, -0.25) is 0 Å². The van der Waals surface area contributed by atoms with Crippen LogP contribution in [0.25, 0.3) is 0 Å². The number of hydrogen-bond donors (Lipinski definition) is 0. The van der Waals surface area contributed by atoms with Gasteiger partial charge >= 0.3 is 0 Å². The van der Waals surface area contributed by atoms with Crippen LogP contribution in [0.1, 0.15) is 19.3 Å². The third kappa shape index (κ3) is 2.41. The van der Waals surface area contributed by atoms with Crippen LogP contribution >= 0.6 is 0 Å². The van der Waals surface area contributed by atoms with E-state index in [1.807, 2.05) is 0 Å². The number of rotatable bonds is 5. The summed E-state index contributed by atoms with van der Waals surface area (Å²) in [5, 5.41) is 6.91. The Bertz CT molecular complexity index is 249. The lowest BCUT2D eigenvalue weighted by Crippen LogP contribution is -2.03. The minimum absolute atomic E-state index is 0.430. The van der Waals surface area contributed by atoms with E-state index in [-0.39, 0.29) is 0 Å². The van der Waals surface area contributed by atoms with Crippen LogP contribution in [0, 0.1) is 5.95 Å². The fourth-order valence-electron chi connectivity index (χ4n) is 0.886. The smallest absolute Gasteiger partial charge is 0.231 e. The second-order valence-corrected chi connectivity index (χ2v) is 2.44. The number of nitrogens with zero attached hydrogens (tertiary/aromatic N) is 3. The molecule has 1 heterocycles. The van der Waals surface area contributed by atoms with Gasteiger partial charge in [0, 0.05) is 13.0 Å². The van der Waals surface area contributed by atoms with Crippen molar-refractivity contribution in [3.05, 3.63) is 12.1 Å². The molecule has 0 atom stereocenters. The molecule has 1 aromatic rings. The zero-order valence-electron chi connectivity index (χ0n) is 6.61. The van der Waals surface area contributed by atoms with Gasteiger partial charge in [-0.05, 0) is 12.8 Å². The van der Waals surface area contributed by atoms with Crippen molar-refractivity contribution in [2.45, 2.75) is 25.8 Å². The summed E-state index contributed by atoms with van der Waals surface area (Å²) in [6.07, 6.45) is 3.97. The summed E-state index contributed by atoms with van der Waals surface area (Å²) in [5.74, 6) is -0.430. The zero-order valence-corrected chi connectivity index (χ0v) is 6.61. The Kier molecular flexibility index (Phi) is 3.37. The van der Waals surface area contributed by atoms with Crippen LogP contribution in [0.4, 0.5) is 4.39 Å². The predicted molar refractivity (Wildman–Crippen MR) is 39.9 cm³/mol. The second kappa shape index (κ2) is 4.58. The molecule has 0 spiro atoms. The Morgan fingerprint density at radius 2 is 2.42 bits per heavy atom. The van der Waals surface area contributed by atoms with E-state index in [1.165, 1.54) is 4.68 Å². The lowest BCUT2D eigenvalue weighted by Gasteiger charge is -1.97. The highest BCUT2D eigenvalue weighted by atomic mass is 19.1. The summed E-state index contributed by atoms with van der Waals surface area (Å²) >= 11 is 0. The molecule has 0 amide bonds. The molecule has 0 saturated heterocycles. The van der Waals surface area contributed by atoms with Gasteiger partial charge in [0.2, 0.25) is 5.95 Å². The third-order valence-corrected chi connectivity index (χ3v) is 1.51. The van der Waals surface area contributed by atoms with Crippen LogP contribution in [0.2, 0.25) is 0 Å². The quantitative estimate of drug-likeness (QED) is 0.486. The van der Waals surface area contributed by atoms with E-state index >= 15 is 0 Å². The maximum absolute atomic E-state index is 12.6. The fourth-order valence-corrected chi connectivity index (χ4v) is 0.886. The molecule has 0 aliphatic heterocycles. The van der Waals surface area contributed by atoms with Crippen molar-refractivity contribution in [2.24, 2.45) is 0 Å². The van der Waals surface area contributed by atoms with E-state index in [2.05, 4.69) is 10.3 Å². The van der Waals surface area contributed by atoms with Crippen LogP contribution in [0.15, 0.2) is 6.20 Å². The van der Waals surface area contributed by atoms with Gasteiger partial charge in [-0.1, -0.05) is 5.21 Å². The molecule has 0 aromatic carbocycles. The second-order valence-electron chi connectivity index (χ2n) is 2.44. The van der Waals surface area contributed by atoms with Gasteiger partial charge in [-0.2, -0.15) is 4.39 Å². The molecule has 5 heteroatoms. The fraction of sp³-hybridized carbons (Fsp3) is 0.571. The number of hydrogen-bond acceptors (Lipinski definition) is 3. The van der Waals surface area contributed by atoms with Crippen LogP contribution in [-0.2, 0) is 11.3 Å². The molecular weight excluding hydrogens is 161 g/mol. The van der Waals surface area contributed by atoms with Crippen molar-refractivity contribution in [3.8, 4) is 0 Å². The van der Waals surface area contributed by atoms with E-state index in [9.17, 15) is 9.18 Å². The van der Waals surface area contributed by atoms with Crippen molar-refractivity contribution in [3.63, 3.8) is 0 Å². The number of carbonyl (C=O) groups is 1. The monoisotopic (exact) mass is 171 g/mol. The average Bonchev–Trinajstić information content (AvgIpc) is 2.46. The highest BCUT2D eigenvalue weighted by Crippen LogP contribution is 1.98. The molecule has 0 saturated carbocycles. The topological polar surface area (TPSA) is 47.8 Å². The Labute approximate surface area is 69.4 Å². The molecule has 0 N–H and O–H groups in total. The van der Waals surface area contributed by atoms with Crippen molar-refractivity contribution in [1.82, 2.24) is 15.0 Å². The Morgan fingerprint density at radius 1 is 1.58 bits per heavy atom. The van der Waals surface area contributed by atoms with Crippen molar-refractivity contribution < 1.29 is 9.18 Å². The molecule has 0 bridgehead atoms. The lowest BCUT2D eigenvalue weighted by molar-refractivity contribution is -0.107. The number of unbranched alkanes of at least 4 members (excludes halogenated alkanes) is 2. The minimum atomic E-state index is -0.430. The van der Waals surface area contributed by atoms with E-state index < -0.39 is 5.95 Å². The summed E-state index contributed by atoms with van der Waals surface area (Å²) in [7, 11) is 0. The van der Waals surface area contributed by atoms with Crippen LogP contribution in [0.5, 0.6) is 0 Å². The SMILES string of the molecule is O=CCCCCn1nncc1F. The molecule has 12 heavy (non-hydrogen) atoms. The largest absolute Gasteiger partial charge is 0.303 e. The molecule has 66 valence electrons. The summed E-state index contributed by atoms with van der Waals surface area (Å²) in [5.41, 5.74) is 0. The first-order valence-corrected chi connectivity index (χ1v) is 3.82. The van der Waals surface area contributed by atoms with E-state index in [4.69, 9.17) is 0 Å². The molecule has 0 unspecified atom stereocenters. The Balaban J connectivity index is 2.24. The van der Waals surface area contributed by atoms with Gasteiger partial charge in [-0.15, -0.1) is 5.10 Å². The molecule has 0 radical (unpaired) electrons. The Morgan fingerprint density at radius 3 is 3.00 bits per heavy atom. The summed E-state index contributed by atoms with van der Waals surface area (Å²) in [6.45, 7) is 0.486. The van der Waals surface area contributed by atoms with Crippen LogP contribution in [-0.4, -0.2) is 21.3 Å². The van der Waals surface area contributed by atoms with E-state index in [0.29, 0.717) is 13.0 Å². The van der Waals surface area contributed by atoms with Gasteiger partial charge in [0.05, 0.1) is 0 Å². The van der Waals surface area contributed by atoms with Gasteiger partial charge in [0.1, 0.15) is 12.5 Å². The van der Waals surface area contributed by atoms with Crippen molar-refractivity contribution >= 4 is 6.29 Å². The number of aldehydes is 1. The minimum Gasteiger partial charge on any atom is -0.303 e. The van der Waals surface area contributed by atoms with Gasteiger partial charge in [0.15, 0.2) is 0 Å². The highest BCUT2D eigenvalue weighted by Gasteiger charge is 1.99. The number of halogens is 1. The first-order chi connectivity index (χ1) is 5.84. The first kappa shape index (κ1) is 8.83. The highest BCUT2D eigenvalue weighted by molar-refractivity contribution is 5.48. The average molecular weight is 171 g/mol. The molecular formula is C7H10FN3O. The van der Waals surface area contributed by atoms with Crippen LogP contribution in [0.3, 0.4) is 0 Å². The third-order valence-electron chi connectivity index (χ3n) is 1.51. The molecule has 0 fully saturated rings. The van der Waals surface area contributed by atoms with Gasteiger partial charge in [0.25, 0.3) is 0 Å². The predicted octanol–water partition coefficient (Wildman–Crippen LogP) is 0.786.